The first-order valence-corrected chi connectivity index (χ1v) is 5.70. The molecule has 0 fully saturated rings. The molecule has 0 aromatic carbocycles. The van der Waals surface area contributed by atoms with Crippen molar-refractivity contribution in [3.05, 3.63) is 58.3 Å². The van der Waals surface area contributed by atoms with Gasteiger partial charge in [0.2, 0.25) is 5.95 Å². The summed E-state index contributed by atoms with van der Waals surface area (Å²) in [5.74, 6) is -0.866. The molecule has 0 spiro atoms. The van der Waals surface area contributed by atoms with Gasteiger partial charge in [-0.25, -0.2) is 9.97 Å². The van der Waals surface area contributed by atoms with Crippen LogP contribution >= 0.6 is 15.9 Å². The highest BCUT2D eigenvalue weighted by molar-refractivity contribution is 9.10. The Morgan fingerprint density at radius 3 is 2.88 bits per heavy atom. The lowest BCUT2D eigenvalue weighted by Gasteiger charge is -2.01. The zero-order valence-corrected chi connectivity index (χ0v) is 10.3. The molecule has 0 saturated heterocycles. The molecule has 2 rings (SSSR count). The molecule has 3 nitrogen and oxygen atoms in total. The van der Waals surface area contributed by atoms with E-state index < -0.39 is 5.95 Å². The third kappa shape index (κ3) is 3.17. The minimum Gasteiger partial charge on any atom is -0.292 e. The number of aromatic nitrogens is 2. The number of hydrogen-bond donors (Lipinski definition) is 0. The van der Waals surface area contributed by atoms with Crippen molar-refractivity contribution in [2.45, 2.75) is 6.42 Å². The van der Waals surface area contributed by atoms with Crippen molar-refractivity contribution in [1.82, 2.24) is 9.97 Å². The van der Waals surface area contributed by atoms with Gasteiger partial charge in [0.05, 0.1) is 0 Å². The van der Waals surface area contributed by atoms with Crippen molar-refractivity contribution in [3.8, 4) is 0 Å². The van der Waals surface area contributed by atoms with E-state index in [-0.39, 0.29) is 17.9 Å². The first-order chi connectivity index (χ1) is 8.15. The number of nitrogens with zero attached hydrogens (tertiary/aromatic N) is 2. The minimum atomic E-state index is -0.647. The lowest BCUT2D eigenvalue weighted by Crippen LogP contribution is -2.06. The monoisotopic (exact) mass is 294 g/mol. The average molecular weight is 295 g/mol. The van der Waals surface area contributed by atoms with Gasteiger partial charge >= 0.3 is 0 Å². The van der Waals surface area contributed by atoms with Crippen molar-refractivity contribution in [1.29, 1.82) is 0 Å². The number of carbonyl (C=O) groups excluding carboxylic acids is 1. The normalized spacial score (nSPS) is 10.2. The summed E-state index contributed by atoms with van der Waals surface area (Å²) in [5, 5.41) is 0. The molecule has 2 heterocycles. The molecule has 5 heteroatoms. The predicted molar refractivity (Wildman–Crippen MR) is 64.2 cm³/mol. The SMILES string of the molecule is O=C(Cc1ccnc(Br)c1)c1cccc(F)n1. The van der Waals surface area contributed by atoms with E-state index >= 15 is 0 Å². The van der Waals surface area contributed by atoms with E-state index in [1.54, 1.807) is 18.3 Å². The van der Waals surface area contributed by atoms with Gasteiger partial charge in [0.15, 0.2) is 5.78 Å². The zero-order chi connectivity index (χ0) is 12.3. The van der Waals surface area contributed by atoms with Crippen LogP contribution in [0.5, 0.6) is 0 Å². The van der Waals surface area contributed by atoms with Crippen molar-refractivity contribution < 1.29 is 9.18 Å². The molecule has 2 aromatic heterocycles. The Kier molecular flexibility index (Phi) is 3.58. The van der Waals surface area contributed by atoms with Crippen LogP contribution in [0.2, 0.25) is 0 Å². The zero-order valence-electron chi connectivity index (χ0n) is 8.73. The molecular weight excluding hydrogens is 287 g/mol. The number of carbonyl (C=O) groups is 1. The van der Waals surface area contributed by atoms with E-state index in [9.17, 15) is 9.18 Å². The molecule has 0 aliphatic carbocycles. The fraction of sp³-hybridized carbons (Fsp3) is 0.0833. The topological polar surface area (TPSA) is 42.9 Å². The van der Waals surface area contributed by atoms with Crippen LogP contribution in [0, 0.1) is 5.95 Å². The van der Waals surface area contributed by atoms with Crippen LogP contribution in [0.4, 0.5) is 4.39 Å². The number of hydrogen-bond acceptors (Lipinski definition) is 3. The third-order valence-corrected chi connectivity index (χ3v) is 2.59. The molecule has 0 aliphatic rings. The average Bonchev–Trinajstić information content (AvgIpc) is 2.29. The van der Waals surface area contributed by atoms with Crippen LogP contribution in [0.15, 0.2) is 41.1 Å². The van der Waals surface area contributed by atoms with E-state index in [1.807, 2.05) is 0 Å². The van der Waals surface area contributed by atoms with Crippen LogP contribution in [0.3, 0.4) is 0 Å². The second kappa shape index (κ2) is 5.14. The van der Waals surface area contributed by atoms with E-state index in [4.69, 9.17) is 0 Å². The molecule has 0 aliphatic heterocycles. The van der Waals surface area contributed by atoms with Gasteiger partial charge in [0.1, 0.15) is 10.3 Å². The van der Waals surface area contributed by atoms with Gasteiger partial charge < -0.3 is 0 Å². The lowest BCUT2D eigenvalue weighted by atomic mass is 10.1. The van der Waals surface area contributed by atoms with Crippen molar-refractivity contribution in [2.75, 3.05) is 0 Å². The summed E-state index contributed by atoms with van der Waals surface area (Å²) in [6, 6.07) is 7.67. The van der Waals surface area contributed by atoms with E-state index in [1.165, 1.54) is 18.2 Å². The highest BCUT2D eigenvalue weighted by atomic mass is 79.9. The second-order valence-corrected chi connectivity index (χ2v) is 4.24. The number of rotatable bonds is 3. The molecule has 0 atom stereocenters. The summed E-state index contributed by atoms with van der Waals surface area (Å²) in [6.07, 6.45) is 1.78. The summed E-state index contributed by atoms with van der Waals surface area (Å²) >= 11 is 3.22. The fourth-order valence-corrected chi connectivity index (χ4v) is 1.80. The van der Waals surface area contributed by atoms with E-state index in [0.29, 0.717) is 4.60 Å². The molecule has 17 heavy (non-hydrogen) atoms. The van der Waals surface area contributed by atoms with Gasteiger partial charge in [0, 0.05) is 12.6 Å². The maximum Gasteiger partial charge on any atom is 0.213 e. The molecule has 86 valence electrons. The molecule has 0 radical (unpaired) electrons. The highest BCUT2D eigenvalue weighted by Crippen LogP contribution is 2.11. The first-order valence-electron chi connectivity index (χ1n) is 4.91. The van der Waals surface area contributed by atoms with Gasteiger partial charge in [-0.1, -0.05) is 6.07 Å². The first kappa shape index (κ1) is 11.9. The van der Waals surface area contributed by atoms with Gasteiger partial charge in [-0.05, 0) is 45.8 Å². The van der Waals surface area contributed by atoms with Crippen molar-refractivity contribution in [2.24, 2.45) is 0 Å². The number of pyridine rings is 2. The molecule has 0 saturated carbocycles. The smallest absolute Gasteiger partial charge is 0.213 e. The third-order valence-electron chi connectivity index (χ3n) is 2.16. The predicted octanol–water partition coefficient (Wildman–Crippen LogP) is 2.80. The highest BCUT2D eigenvalue weighted by Gasteiger charge is 2.09. The van der Waals surface area contributed by atoms with E-state index in [0.717, 1.165) is 5.56 Å². The van der Waals surface area contributed by atoms with Crippen molar-refractivity contribution in [3.63, 3.8) is 0 Å². The van der Waals surface area contributed by atoms with Gasteiger partial charge in [-0.3, -0.25) is 4.79 Å². The van der Waals surface area contributed by atoms with Crippen LogP contribution in [-0.4, -0.2) is 15.8 Å². The number of ketones is 1. The largest absolute Gasteiger partial charge is 0.292 e. The number of Topliss-reactive ketones (excluding diaryl/α,β-unsaturated/α-hetero) is 1. The van der Waals surface area contributed by atoms with Gasteiger partial charge in [0.25, 0.3) is 0 Å². The Labute approximate surface area is 106 Å². The van der Waals surface area contributed by atoms with E-state index in [2.05, 4.69) is 25.9 Å². The molecule has 0 N–H and O–H groups in total. The Bertz CT molecular complexity index is 560. The summed E-state index contributed by atoms with van der Waals surface area (Å²) in [5.41, 5.74) is 0.945. The summed E-state index contributed by atoms with van der Waals surface area (Å²) < 4.78 is 13.5. The van der Waals surface area contributed by atoms with Crippen molar-refractivity contribution >= 4 is 21.7 Å². The fourth-order valence-electron chi connectivity index (χ4n) is 1.39. The summed E-state index contributed by atoms with van der Waals surface area (Å²) in [6.45, 7) is 0. The molecular formula is C12H8BrFN2O. The Hall–Kier alpha value is -1.62. The van der Waals surface area contributed by atoms with Gasteiger partial charge in [-0.15, -0.1) is 0 Å². The second-order valence-electron chi connectivity index (χ2n) is 3.43. The maximum absolute atomic E-state index is 12.8. The number of halogens is 2. The quantitative estimate of drug-likeness (QED) is 0.646. The Balaban J connectivity index is 2.17. The van der Waals surface area contributed by atoms with Crippen LogP contribution in [0.1, 0.15) is 16.1 Å². The Morgan fingerprint density at radius 1 is 1.35 bits per heavy atom. The molecule has 0 bridgehead atoms. The minimum absolute atomic E-state index is 0.137. The molecule has 0 unspecified atom stereocenters. The molecule has 2 aromatic rings. The summed E-state index contributed by atoms with van der Waals surface area (Å²) in [4.78, 5) is 19.3. The lowest BCUT2D eigenvalue weighted by molar-refractivity contribution is 0.0987. The molecule has 0 amide bonds. The standard InChI is InChI=1S/C12H8BrFN2O/c13-11-7-8(4-5-15-11)6-10(17)9-2-1-3-12(14)16-9/h1-5,7H,6H2. The summed E-state index contributed by atoms with van der Waals surface area (Å²) in [7, 11) is 0. The van der Waals surface area contributed by atoms with Gasteiger partial charge in [-0.2, -0.15) is 4.39 Å². The maximum atomic E-state index is 12.8. The van der Waals surface area contributed by atoms with Crippen LogP contribution in [0.25, 0.3) is 0 Å². The van der Waals surface area contributed by atoms with Crippen LogP contribution < -0.4 is 0 Å². The Morgan fingerprint density at radius 2 is 2.18 bits per heavy atom. The van der Waals surface area contributed by atoms with Crippen LogP contribution in [-0.2, 0) is 6.42 Å².